The summed E-state index contributed by atoms with van der Waals surface area (Å²) in [5.41, 5.74) is 7.41. The zero-order valence-corrected chi connectivity index (χ0v) is 64.4. The van der Waals surface area contributed by atoms with Crippen molar-refractivity contribution in [2.75, 3.05) is 58.6 Å². The second-order valence-corrected chi connectivity index (χ2v) is 28.1. The minimum atomic E-state index is -1.65. The number of carbonyl (C=O) groups is 3. The number of pyridine rings is 3. The predicted octanol–water partition coefficient (Wildman–Crippen LogP) is 14.2. The highest BCUT2D eigenvalue weighted by molar-refractivity contribution is 7.18. The van der Waals surface area contributed by atoms with Gasteiger partial charge in [0.2, 0.25) is 23.6 Å². The summed E-state index contributed by atoms with van der Waals surface area (Å²) in [6.07, 6.45) is 16.4. The number of carbonyl (C=O) groups excluding carboxylic acids is 3. The van der Waals surface area contributed by atoms with E-state index in [0.29, 0.717) is 144 Å². The maximum atomic E-state index is 15.2. The van der Waals surface area contributed by atoms with Crippen LogP contribution in [0.5, 0.6) is 34.5 Å². The highest BCUT2D eigenvalue weighted by Gasteiger charge is 2.55. The van der Waals surface area contributed by atoms with E-state index in [1.807, 2.05) is 32.2 Å². The fourth-order valence-electron chi connectivity index (χ4n) is 12.3. The Labute approximate surface area is 642 Å². The van der Waals surface area contributed by atoms with E-state index in [4.69, 9.17) is 84.2 Å². The SMILES string of the molecule is C=CC(=O)Nc1cn(C)nc1Cc1cc2c(cn1)CC(C(C)(C)c1c(Cl)c(OC)cc(OC)c1Cl)=N2.C=CC(=O)Nc1cn(C)nc1Cc1cc2nc(C(C)(O)c3c(Cl)c(OC)cc(OC)c3Cl)sc2cn1.C=CC(=O)Nc1cn(C)nc1Cc1cc2nc(C3(c4c(F)c(OC)cc(OC)c4F)CC3)oc2cn1. The van der Waals surface area contributed by atoms with Gasteiger partial charge in [0.05, 0.1) is 124 Å². The van der Waals surface area contributed by atoms with Crippen molar-refractivity contribution in [1.29, 1.82) is 0 Å². The van der Waals surface area contributed by atoms with Gasteiger partial charge in [0.1, 0.15) is 39.1 Å². The van der Waals surface area contributed by atoms with E-state index in [-0.39, 0.29) is 56.3 Å². The average molecular weight is 1570 g/mol. The minimum absolute atomic E-state index is 0.121. The third kappa shape index (κ3) is 15.8. The van der Waals surface area contributed by atoms with E-state index < -0.39 is 28.1 Å². The fourth-order valence-corrected chi connectivity index (χ4v) is 15.1. The Balaban J connectivity index is 0.000000161. The lowest BCUT2D eigenvalue weighted by molar-refractivity contribution is -0.112. The van der Waals surface area contributed by atoms with E-state index in [0.717, 1.165) is 27.4 Å². The molecule has 11 aromatic rings. The number of rotatable bonds is 24. The van der Waals surface area contributed by atoms with E-state index in [1.54, 1.807) is 99.3 Å². The quantitative estimate of drug-likeness (QED) is 0.0409. The fraction of sp³-hybridized carbons (Fsp3) is 0.280. The summed E-state index contributed by atoms with van der Waals surface area (Å²) in [5, 5.41) is 34.7. The van der Waals surface area contributed by atoms with Crippen molar-refractivity contribution >= 4 is 125 Å². The van der Waals surface area contributed by atoms with Gasteiger partial charge in [-0.15, -0.1) is 11.3 Å². The number of hydrogen-bond donors (Lipinski definition) is 4. The number of halogens is 6. The molecule has 1 fully saturated rings. The first-order chi connectivity index (χ1) is 51.5. The highest BCUT2D eigenvalue weighted by Crippen LogP contribution is 2.57. The number of aliphatic hydroxyl groups is 1. The molecule has 1 saturated carbocycles. The monoisotopic (exact) mass is 1570 g/mol. The Morgan fingerprint density at radius 3 is 1.44 bits per heavy atom. The zero-order chi connectivity index (χ0) is 78.0. The topological polar surface area (TPSA) is 306 Å². The van der Waals surface area contributed by atoms with Gasteiger partial charge in [0.15, 0.2) is 28.7 Å². The smallest absolute Gasteiger partial charge is 0.247 e. The van der Waals surface area contributed by atoms with Crippen molar-refractivity contribution in [3.05, 3.63) is 211 Å². The Bertz CT molecular complexity index is 5140. The summed E-state index contributed by atoms with van der Waals surface area (Å²) in [6, 6.07) is 9.90. The number of ether oxygens (including phenoxy) is 6. The lowest BCUT2D eigenvalue weighted by Crippen LogP contribution is -2.30. The van der Waals surface area contributed by atoms with Crippen LogP contribution in [0, 0.1) is 11.6 Å². The lowest BCUT2D eigenvalue weighted by atomic mass is 9.78. The van der Waals surface area contributed by atoms with Crippen LogP contribution in [0.25, 0.3) is 21.3 Å². The number of benzene rings is 3. The molecule has 1 unspecified atom stereocenters. The number of fused-ring (bicyclic) bond motifs is 3. The van der Waals surface area contributed by atoms with Crippen molar-refractivity contribution in [2.45, 2.75) is 75.7 Å². The van der Waals surface area contributed by atoms with E-state index in [2.05, 4.69) is 75.9 Å². The molecule has 0 radical (unpaired) electrons. The number of nitrogens with zero attached hydrogens (tertiary/aromatic N) is 12. The molecule has 0 saturated heterocycles. The van der Waals surface area contributed by atoms with Gasteiger partial charge >= 0.3 is 0 Å². The molecule has 1 aliphatic heterocycles. The maximum absolute atomic E-state index is 15.2. The van der Waals surface area contributed by atoms with Gasteiger partial charge in [-0.05, 0) is 56.2 Å². The van der Waals surface area contributed by atoms with E-state index in [1.165, 1.54) is 70.3 Å². The molecular formula is C75H73Cl4F2N15O11S. The molecule has 4 N–H and O–H groups in total. The minimum Gasteiger partial charge on any atom is -0.495 e. The average Bonchev–Trinajstić information content (AvgIpc) is 1.54. The molecular weight excluding hydrogens is 1500 g/mol. The number of aliphatic imine (C=N–C) groups is 1. The van der Waals surface area contributed by atoms with Gasteiger partial charge < -0.3 is 53.9 Å². The first-order valence-corrected chi connectivity index (χ1v) is 35.3. The number of hydrogen-bond acceptors (Lipinski definition) is 21. The van der Waals surface area contributed by atoms with Crippen molar-refractivity contribution in [2.24, 2.45) is 26.1 Å². The van der Waals surface area contributed by atoms with Crippen LogP contribution in [0.15, 0.2) is 121 Å². The van der Waals surface area contributed by atoms with Crippen LogP contribution in [0.4, 0.5) is 31.5 Å². The van der Waals surface area contributed by atoms with Crippen LogP contribution in [0.1, 0.15) is 101 Å². The number of oxazole rings is 1. The molecule has 8 aromatic heterocycles. The number of thiazole rings is 1. The number of amides is 3. The summed E-state index contributed by atoms with van der Waals surface area (Å²) in [4.78, 5) is 63.1. The van der Waals surface area contributed by atoms with Crippen LogP contribution < -0.4 is 44.4 Å². The Kier molecular flexibility index (Phi) is 23.1. The molecule has 3 aromatic carbocycles. The zero-order valence-electron chi connectivity index (χ0n) is 60.6. The third-order valence-electron chi connectivity index (χ3n) is 18.0. The number of nitrogens with one attached hydrogen (secondary N) is 3. The molecule has 1 atom stereocenters. The summed E-state index contributed by atoms with van der Waals surface area (Å²) >= 11 is 27.8. The second kappa shape index (κ2) is 31.9. The van der Waals surface area contributed by atoms with E-state index >= 15 is 8.78 Å². The molecule has 0 spiro atoms. The first-order valence-electron chi connectivity index (χ1n) is 33.0. The van der Waals surface area contributed by atoms with Crippen molar-refractivity contribution in [1.82, 2.24) is 54.3 Å². The summed E-state index contributed by atoms with van der Waals surface area (Å²) in [7, 11) is 14.0. The Morgan fingerprint density at radius 2 is 1.00 bits per heavy atom. The molecule has 0 bridgehead atoms. The van der Waals surface area contributed by atoms with Gasteiger partial charge in [-0.1, -0.05) is 80.0 Å². The van der Waals surface area contributed by atoms with Gasteiger partial charge in [-0.25, -0.2) is 18.7 Å². The first kappa shape index (κ1) is 78.3. The highest BCUT2D eigenvalue weighted by atomic mass is 35.5. The molecule has 3 amide bonds. The van der Waals surface area contributed by atoms with Crippen molar-refractivity contribution in [3.63, 3.8) is 0 Å². The summed E-state index contributed by atoms with van der Waals surface area (Å²) < 4.78 is 73.8. The molecule has 9 heterocycles. The number of aromatic nitrogens is 11. The van der Waals surface area contributed by atoms with Crippen LogP contribution >= 0.6 is 57.7 Å². The molecule has 562 valence electrons. The van der Waals surface area contributed by atoms with Crippen molar-refractivity contribution < 1.29 is 61.1 Å². The predicted molar refractivity (Wildman–Crippen MR) is 409 cm³/mol. The lowest BCUT2D eigenvalue weighted by Gasteiger charge is -2.29. The molecule has 13 rings (SSSR count). The molecule has 108 heavy (non-hydrogen) atoms. The van der Waals surface area contributed by atoms with Crippen LogP contribution in [0.3, 0.4) is 0 Å². The summed E-state index contributed by atoms with van der Waals surface area (Å²) in [6.45, 7) is 16.1. The van der Waals surface area contributed by atoms with Crippen LogP contribution in [-0.4, -0.2) is 125 Å². The van der Waals surface area contributed by atoms with Crippen LogP contribution in [0.2, 0.25) is 20.1 Å². The van der Waals surface area contributed by atoms with Gasteiger partial charge in [-0.2, -0.15) is 15.3 Å². The van der Waals surface area contributed by atoms with Crippen LogP contribution in [-0.2, 0) is 77.6 Å². The van der Waals surface area contributed by atoms with E-state index in [9.17, 15) is 19.5 Å². The standard InChI is InChI=1S/C26H27Cl2N5O3.C25H23F2N5O4.C24H23Cl2N5O4S/c1-7-22(34)31-18-13-33(4)32-17(18)10-15-9-16-14(12-29-15)8-21(30-16)26(2,3)23-24(27)19(35-5)11-20(36-6)25(23)28;1-5-20(33)29-16-12-32(2)31-14(16)8-13-9-15-19(11-28-13)36-24(30-15)25(6-7-25)21-22(26)17(34-3)10-18(35-4)23(21)27;1-6-19(32)28-15-11-31(3)30-13(15)7-12-8-14-18(10-27-12)36-23(29-14)24(2,33)20-21(25)16(34-4)9-17(35-5)22(20)26/h7,9,11-13H,1,8,10H2,2-6H3,(H,31,34);5,9-12H,1,6-8H2,2-4H3,(H,29,33);6,8-11,33H,1,7H2,2-5H3,(H,28,32). The number of aryl methyl sites for hydroxylation is 3. The maximum Gasteiger partial charge on any atom is 0.247 e. The van der Waals surface area contributed by atoms with Crippen molar-refractivity contribution in [3.8, 4) is 34.5 Å². The number of anilines is 3. The molecule has 26 nitrogen and oxygen atoms in total. The molecule has 33 heteroatoms. The Hall–Kier alpha value is -10.8. The summed E-state index contributed by atoms with van der Waals surface area (Å²) in [5.74, 6) is -1.04. The van der Waals surface area contributed by atoms with Gasteiger partial charge in [-0.3, -0.25) is 48.4 Å². The largest absolute Gasteiger partial charge is 0.495 e. The number of methoxy groups -OCH3 is 6. The van der Waals surface area contributed by atoms with Gasteiger partial charge in [0.25, 0.3) is 0 Å². The third-order valence-corrected chi connectivity index (χ3v) is 20.7. The second-order valence-electron chi connectivity index (χ2n) is 25.6. The molecule has 2 aliphatic rings. The Morgan fingerprint density at radius 1 is 0.593 bits per heavy atom. The normalized spacial score (nSPS) is 13.2. The van der Waals surface area contributed by atoms with Gasteiger partial charge in [0, 0.05) is 146 Å². The molecule has 1 aliphatic carbocycles.